The Morgan fingerprint density at radius 3 is 2.61 bits per heavy atom. The van der Waals surface area contributed by atoms with Crippen molar-refractivity contribution in [1.82, 2.24) is 24.8 Å². The molecule has 0 bridgehead atoms. The van der Waals surface area contributed by atoms with Gasteiger partial charge in [0.15, 0.2) is 0 Å². The summed E-state index contributed by atoms with van der Waals surface area (Å²) < 4.78 is 2.01. The minimum Gasteiger partial charge on any atom is -0.333 e. The Morgan fingerprint density at radius 2 is 1.93 bits per heavy atom. The molecular weight excluding hydrogens is 397 g/mol. The molecule has 1 N–H and O–H groups in total. The Kier molecular flexibility index (Phi) is 7.99. The van der Waals surface area contributed by atoms with Crippen molar-refractivity contribution in [3.05, 3.63) is 84.2 Å². The highest BCUT2D eigenvalue weighted by Gasteiger charge is 2.28. The summed E-state index contributed by atoms with van der Waals surface area (Å²) in [5.41, 5.74) is 2.92. The number of carbonyl (C=O) groups is 1. The van der Waals surface area contributed by atoms with Gasteiger partial charge in [-0.05, 0) is 29.3 Å². The number of rotatable bonds is 4. The molecule has 8 heteroatoms. The molecule has 1 aliphatic rings. The maximum atomic E-state index is 13.1. The van der Waals surface area contributed by atoms with E-state index in [9.17, 15) is 4.79 Å². The third-order valence-electron chi connectivity index (χ3n) is 4.70. The van der Waals surface area contributed by atoms with E-state index in [0.717, 1.165) is 36.3 Å². The van der Waals surface area contributed by atoms with E-state index < -0.39 is 0 Å². The first-order chi connectivity index (χ1) is 12.8. The quantitative estimate of drug-likeness (QED) is 0.705. The maximum Gasteiger partial charge on any atom is 0.254 e. The Balaban J connectivity index is 0.00000140. The maximum absolute atomic E-state index is 13.1. The van der Waals surface area contributed by atoms with Gasteiger partial charge in [0.2, 0.25) is 0 Å². The summed E-state index contributed by atoms with van der Waals surface area (Å²) in [5, 5.41) is 3.37. The highest BCUT2D eigenvalue weighted by Crippen LogP contribution is 2.23. The molecule has 4 rings (SSSR count). The van der Waals surface area contributed by atoms with Gasteiger partial charge in [0.1, 0.15) is 0 Å². The van der Waals surface area contributed by atoms with Crippen LogP contribution in [-0.2, 0) is 6.54 Å². The zero-order chi connectivity index (χ0) is 17.8. The highest BCUT2D eigenvalue weighted by atomic mass is 35.5. The standard InChI is InChI=1S/C20H21N5O.2ClH/c26-20(17-5-3-16(4-6-17)14-24-10-8-23-15-24)25-11-9-22-13-19(25)18-2-1-7-21-12-18;;/h1-8,10,12,15,19,22H,9,11,13-14H2;2*1H. The first kappa shape index (κ1) is 21.9. The van der Waals surface area contributed by atoms with Crippen LogP contribution in [0.4, 0.5) is 0 Å². The molecule has 0 spiro atoms. The lowest BCUT2D eigenvalue weighted by atomic mass is 10.0. The zero-order valence-electron chi connectivity index (χ0n) is 15.3. The molecule has 1 unspecified atom stereocenters. The van der Waals surface area contributed by atoms with E-state index in [1.54, 1.807) is 18.7 Å². The van der Waals surface area contributed by atoms with Crippen LogP contribution in [0.2, 0.25) is 0 Å². The molecular formula is C20H23Cl2N5O. The van der Waals surface area contributed by atoms with Gasteiger partial charge in [-0.3, -0.25) is 9.78 Å². The summed E-state index contributed by atoms with van der Waals surface area (Å²) in [4.78, 5) is 23.3. The van der Waals surface area contributed by atoms with Gasteiger partial charge in [-0.2, -0.15) is 0 Å². The van der Waals surface area contributed by atoms with E-state index in [1.165, 1.54) is 0 Å². The van der Waals surface area contributed by atoms with Gasteiger partial charge in [0.25, 0.3) is 5.91 Å². The molecule has 2 aromatic heterocycles. The van der Waals surface area contributed by atoms with Crippen molar-refractivity contribution >= 4 is 30.7 Å². The van der Waals surface area contributed by atoms with Crippen LogP contribution in [0, 0.1) is 0 Å². The number of aromatic nitrogens is 3. The summed E-state index contributed by atoms with van der Waals surface area (Å²) in [6.45, 7) is 2.99. The molecule has 3 heterocycles. The fraction of sp³-hybridized carbons (Fsp3) is 0.250. The lowest BCUT2D eigenvalue weighted by molar-refractivity contribution is 0.0634. The van der Waals surface area contributed by atoms with Crippen LogP contribution in [0.15, 0.2) is 67.5 Å². The fourth-order valence-electron chi connectivity index (χ4n) is 3.33. The molecule has 1 amide bonds. The highest BCUT2D eigenvalue weighted by molar-refractivity contribution is 5.94. The summed E-state index contributed by atoms with van der Waals surface area (Å²) >= 11 is 0. The van der Waals surface area contributed by atoms with Crippen molar-refractivity contribution in [2.75, 3.05) is 19.6 Å². The molecule has 0 aliphatic carbocycles. The Bertz CT molecular complexity index is 856. The second-order valence-corrected chi connectivity index (χ2v) is 6.44. The van der Waals surface area contributed by atoms with Crippen LogP contribution in [0.1, 0.15) is 27.5 Å². The average molecular weight is 420 g/mol. The predicted molar refractivity (Wildman–Crippen MR) is 113 cm³/mol. The molecule has 1 aromatic carbocycles. The van der Waals surface area contributed by atoms with Crippen LogP contribution in [-0.4, -0.2) is 45.0 Å². The predicted octanol–water partition coefficient (Wildman–Crippen LogP) is 2.96. The third-order valence-corrected chi connectivity index (χ3v) is 4.70. The van der Waals surface area contributed by atoms with Gasteiger partial charge in [0.05, 0.1) is 12.4 Å². The van der Waals surface area contributed by atoms with Crippen LogP contribution in [0.5, 0.6) is 0 Å². The van der Waals surface area contributed by atoms with E-state index in [2.05, 4.69) is 15.3 Å². The number of hydrogen-bond donors (Lipinski definition) is 1. The van der Waals surface area contributed by atoms with Gasteiger partial charge in [-0.25, -0.2) is 4.98 Å². The van der Waals surface area contributed by atoms with Gasteiger partial charge < -0.3 is 14.8 Å². The van der Waals surface area contributed by atoms with Crippen molar-refractivity contribution in [2.45, 2.75) is 12.6 Å². The average Bonchev–Trinajstić information content (AvgIpc) is 3.22. The SMILES string of the molecule is Cl.Cl.O=C(c1ccc(Cn2ccnc2)cc1)N1CCNCC1c1cccnc1. The molecule has 1 saturated heterocycles. The molecule has 148 valence electrons. The van der Waals surface area contributed by atoms with Crippen LogP contribution >= 0.6 is 24.8 Å². The molecule has 1 fully saturated rings. The normalized spacial score (nSPS) is 16.0. The number of piperazine rings is 1. The summed E-state index contributed by atoms with van der Waals surface area (Å²) in [6.07, 6.45) is 9.08. The van der Waals surface area contributed by atoms with Gasteiger partial charge in [-0.1, -0.05) is 18.2 Å². The minimum atomic E-state index is 0. The molecule has 1 aliphatic heterocycles. The number of nitrogens with one attached hydrogen (secondary N) is 1. The van der Waals surface area contributed by atoms with E-state index in [-0.39, 0.29) is 36.8 Å². The van der Waals surface area contributed by atoms with E-state index in [0.29, 0.717) is 6.54 Å². The molecule has 6 nitrogen and oxygen atoms in total. The number of halogens is 2. The number of pyridine rings is 1. The monoisotopic (exact) mass is 419 g/mol. The topological polar surface area (TPSA) is 63.1 Å². The van der Waals surface area contributed by atoms with Gasteiger partial charge in [0, 0.05) is 56.5 Å². The van der Waals surface area contributed by atoms with Crippen LogP contribution in [0.25, 0.3) is 0 Å². The molecule has 1 atom stereocenters. The van der Waals surface area contributed by atoms with Crippen molar-refractivity contribution in [2.24, 2.45) is 0 Å². The van der Waals surface area contributed by atoms with Crippen molar-refractivity contribution in [3.8, 4) is 0 Å². The number of amides is 1. The Labute approximate surface area is 176 Å². The number of hydrogen-bond acceptors (Lipinski definition) is 4. The fourth-order valence-corrected chi connectivity index (χ4v) is 3.33. The molecule has 0 saturated carbocycles. The molecule has 0 radical (unpaired) electrons. The smallest absolute Gasteiger partial charge is 0.254 e. The second kappa shape index (κ2) is 10.2. The first-order valence-corrected chi connectivity index (χ1v) is 8.77. The Hall–Kier alpha value is -2.41. The minimum absolute atomic E-state index is 0. The number of imidazole rings is 1. The third kappa shape index (κ3) is 4.90. The van der Waals surface area contributed by atoms with Crippen LogP contribution in [0.3, 0.4) is 0 Å². The van der Waals surface area contributed by atoms with E-state index >= 15 is 0 Å². The molecule has 28 heavy (non-hydrogen) atoms. The second-order valence-electron chi connectivity index (χ2n) is 6.44. The van der Waals surface area contributed by atoms with Gasteiger partial charge >= 0.3 is 0 Å². The molecule has 3 aromatic rings. The number of carbonyl (C=O) groups excluding carboxylic acids is 1. The largest absolute Gasteiger partial charge is 0.333 e. The lowest BCUT2D eigenvalue weighted by Gasteiger charge is -2.36. The van der Waals surface area contributed by atoms with E-state index in [4.69, 9.17) is 0 Å². The summed E-state index contributed by atoms with van der Waals surface area (Å²) in [6, 6.07) is 11.8. The van der Waals surface area contributed by atoms with Crippen molar-refractivity contribution in [1.29, 1.82) is 0 Å². The van der Waals surface area contributed by atoms with Crippen molar-refractivity contribution in [3.63, 3.8) is 0 Å². The summed E-state index contributed by atoms with van der Waals surface area (Å²) in [7, 11) is 0. The zero-order valence-corrected chi connectivity index (χ0v) is 16.9. The van der Waals surface area contributed by atoms with E-state index in [1.807, 2.05) is 58.3 Å². The van der Waals surface area contributed by atoms with Crippen molar-refractivity contribution < 1.29 is 4.79 Å². The first-order valence-electron chi connectivity index (χ1n) is 8.77. The van der Waals surface area contributed by atoms with Gasteiger partial charge in [-0.15, -0.1) is 24.8 Å². The Morgan fingerprint density at radius 1 is 1.11 bits per heavy atom. The number of benzene rings is 1. The number of nitrogens with zero attached hydrogens (tertiary/aromatic N) is 4. The summed E-state index contributed by atoms with van der Waals surface area (Å²) in [5.74, 6) is 0.0644. The van der Waals surface area contributed by atoms with Crippen LogP contribution < -0.4 is 5.32 Å². The lowest BCUT2D eigenvalue weighted by Crippen LogP contribution is -2.48.